The highest BCUT2D eigenvalue weighted by atomic mass is 32.1. The lowest BCUT2D eigenvalue weighted by Crippen LogP contribution is -2.02. The fraction of sp³-hybridized carbons (Fsp3) is 0.182. The van der Waals surface area contributed by atoms with Gasteiger partial charge in [-0.3, -0.25) is 0 Å². The highest BCUT2D eigenvalue weighted by Crippen LogP contribution is 2.16. The van der Waals surface area contributed by atoms with E-state index in [1.807, 2.05) is 12.3 Å². The second-order valence-corrected chi connectivity index (χ2v) is 4.40. The van der Waals surface area contributed by atoms with Crippen molar-refractivity contribution in [3.63, 3.8) is 0 Å². The smallest absolute Gasteiger partial charge is 0.149 e. The van der Waals surface area contributed by atoms with Crippen LogP contribution in [0.15, 0.2) is 23.6 Å². The summed E-state index contributed by atoms with van der Waals surface area (Å²) in [5.41, 5.74) is 1.14. The van der Waals surface area contributed by atoms with Gasteiger partial charge in [0, 0.05) is 11.4 Å². The van der Waals surface area contributed by atoms with Crippen LogP contribution in [0.4, 0.5) is 14.5 Å². The molecular weight excluding hydrogens is 230 g/mol. The van der Waals surface area contributed by atoms with Crippen molar-refractivity contribution >= 4 is 17.0 Å². The summed E-state index contributed by atoms with van der Waals surface area (Å²) in [6, 6.07) is 3.45. The lowest BCUT2D eigenvalue weighted by molar-refractivity contribution is 0.585. The van der Waals surface area contributed by atoms with E-state index in [0.29, 0.717) is 6.54 Å². The molecule has 2 nitrogen and oxygen atoms in total. The second-order valence-electron chi connectivity index (χ2n) is 3.34. The van der Waals surface area contributed by atoms with E-state index in [0.717, 1.165) is 16.8 Å². The van der Waals surface area contributed by atoms with Crippen LogP contribution in [0.25, 0.3) is 0 Å². The third kappa shape index (κ3) is 2.55. The fourth-order valence-electron chi connectivity index (χ4n) is 1.31. The Balaban J connectivity index is 2.04. The minimum atomic E-state index is -0.591. The second kappa shape index (κ2) is 4.57. The van der Waals surface area contributed by atoms with Gasteiger partial charge in [-0.2, -0.15) is 0 Å². The number of thiazole rings is 1. The van der Waals surface area contributed by atoms with Gasteiger partial charge in [-0.1, -0.05) is 0 Å². The molecule has 0 aliphatic carbocycles. The van der Waals surface area contributed by atoms with E-state index in [-0.39, 0.29) is 5.69 Å². The molecule has 1 N–H and O–H groups in total. The van der Waals surface area contributed by atoms with Crippen molar-refractivity contribution in [3.8, 4) is 0 Å². The summed E-state index contributed by atoms with van der Waals surface area (Å²) in [7, 11) is 0. The molecule has 5 heteroatoms. The molecule has 0 fully saturated rings. The van der Waals surface area contributed by atoms with Gasteiger partial charge < -0.3 is 5.32 Å². The summed E-state index contributed by atoms with van der Waals surface area (Å²) in [4.78, 5) is 4.23. The molecule has 0 bridgehead atoms. The van der Waals surface area contributed by atoms with Gasteiger partial charge in [0.05, 0.1) is 22.9 Å². The number of nitrogens with one attached hydrogen (secondary N) is 1. The monoisotopic (exact) mass is 240 g/mol. The minimum Gasteiger partial charge on any atom is -0.377 e. The normalized spacial score (nSPS) is 10.4. The molecule has 1 heterocycles. The van der Waals surface area contributed by atoms with Crippen molar-refractivity contribution < 1.29 is 8.78 Å². The summed E-state index contributed by atoms with van der Waals surface area (Å²) in [6.07, 6.45) is 0. The zero-order chi connectivity index (χ0) is 11.5. The number of rotatable bonds is 3. The van der Waals surface area contributed by atoms with Gasteiger partial charge >= 0.3 is 0 Å². The average Bonchev–Trinajstić information content (AvgIpc) is 2.63. The number of hydrogen-bond acceptors (Lipinski definition) is 3. The Hall–Kier alpha value is -1.49. The number of aromatic nitrogens is 1. The number of aryl methyl sites for hydroxylation is 1. The van der Waals surface area contributed by atoms with Gasteiger partial charge in [0.25, 0.3) is 0 Å². The Morgan fingerprint density at radius 1 is 1.38 bits per heavy atom. The summed E-state index contributed by atoms with van der Waals surface area (Å²) >= 11 is 1.54. The molecule has 2 rings (SSSR count). The number of anilines is 1. The van der Waals surface area contributed by atoms with Gasteiger partial charge in [-0.05, 0) is 19.1 Å². The van der Waals surface area contributed by atoms with Gasteiger partial charge in [0.1, 0.15) is 11.6 Å². The number of hydrogen-bond donors (Lipinski definition) is 1. The Kier molecular flexibility index (Phi) is 3.14. The van der Waals surface area contributed by atoms with Crippen molar-refractivity contribution in [2.24, 2.45) is 0 Å². The van der Waals surface area contributed by atoms with Crippen LogP contribution in [0.5, 0.6) is 0 Å². The van der Waals surface area contributed by atoms with Crippen LogP contribution >= 0.6 is 11.3 Å². The molecule has 0 unspecified atom stereocenters. The highest BCUT2D eigenvalue weighted by Gasteiger charge is 2.04. The lowest BCUT2D eigenvalue weighted by Gasteiger charge is -2.05. The average molecular weight is 240 g/mol. The zero-order valence-electron chi connectivity index (χ0n) is 8.63. The largest absolute Gasteiger partial charge is 0.377 e. The van der Waals surface area contributed by atoms with Gasteiger partial charge in [0.2, 0.25) is 0 Å². The Morgan fingerprint density at radius 2 is 2.19 bits per heavy atom. The van der Waals surface area contributed by atoms with Crippen LogP contribution in [0.3, 0.4) is 0 Å². The summed E-state index contributed by atoms with van der Waals surface area (Å²) in [5.74, 6) is -1.17. The molecule has 1 aromatic heterocycles. The molecule has 0 radical (unpaired) electrons. The van der Waals surface area contributed by atoms with Crippen molar-refractivity contribution in [3.05, 3.63) is 45.9 Å². The Morgan fingerprint density at radius 3 is 2.81 bits per heavy atom. The molecule has 0 spiro atoms. The fourth-order valence-corrected chi connectivity index (χ4v) is 1.92. The SMILES string of the molecule is Cc1nc(CNc2ccc(F)cc2F)cs1. The van der Waals surface area contributed by atoms with Crippen LogP contribution in [-0.2, 0) is 6.54 Å². The molecule has 0 aliphatic heterocycles. The van der Waals surface area contributed by atoms with E-state index in [4.69, 9.17) is 0 Å². The predicted molar refractivity (Wildman–Crippen MR) is 60.5 cm³/mol. The topological polar surface area (TPSA) is 24.9 Å². The number of nitrogens with zero attached hydrogens (tertiary/aromatic N) is 1. The molecule has 0 saturated carbocycles. The first kappa shape index (κ1) is 11.0. The highest BCUT2D eigenvalue weighted by molar-refractivity contribution is 7.09. The third-order valence-electron chi connectivity index (χ3n) is 2.06. The van der Waals surface area contributed by atoms with E-state index < -0.39 is 11.6 Å². The summed E-state index contributed by atoms with van der Waals surface area (Å²) in [6.45, 7) is 2.35. The molecule has 0 aliphatic rings. The van der Waals surface area contributed by atoms with E-state index in [1.54, 1.807) is 11.3 Å². The van der Waals surface area contributed by atoms with E-state index in [2.05, 4.69) is 10.3 Å². The predicted octanol–water partition coefficient (Wildman–Crippen LogP) is 3.34. The van der Waals surface area contributed by atoms with Crippen molar-refractivity contribution in [1.82, 2.24) is 4.98 Å². The maximum Gasteiger partial charge on any atom is 0.149 e. The van der Waals surface area contributed by atoms with Crippen LogP contribution in [0.1, 0.15) is 10.7 Å². The number of halogens is 2. The molecule has 0 saturated heterocycles. The van der Waals surface area contributed by atoms with E-state index in [1.165, 1.54) is 12.1 Å². The Labute approximate surface area is 96.0 Å². The van der Waals surface area contributed by atoms with Crippen LogP contribution in [-0.4, -0.2) is 4.98 Å². The van der Waals surface area contributed by atoms with Crippen LogP contribution in [0.2, 0.25) is 0 Å². The number of benzene rings is 1. The Bertz CT molecular complexity index is 496. The van der Waals surface area contributed by atoms with Gasteiger partial charge in [-0.25, -0.2) is 13.8 Å². The first-order chi connectivity index (χ1) is 7.65. The molecule has 2 aromatic rings. The lowest BCUT2D eigenvalue weighted by atomic mass is 10.3. The first-order valence-corrected chi connectivity index (χ1v) is 5.63. The maximum absolute atomic E-state index is 13.2. The first-order valence-electron chi connectivity index (χ1n) is 4.75. The van der Waals surface area contributed by atoms with E-state index in [9.17, 15) is 8.78 Å². The minimum absolute atomic E-state index is 0.284. The molecular formula is C11H10F2N2S. The van der Waals surface area contributed by atoms with E-state index >= 15 is 0 Å². The van der Waals surface area contributed by atoms with Crippen molar-refractivity contribution in [2.75, 3.05) is 5.32 Å². The summed E-state index contributed by atoms with van der Waals surface area (Å²) < 4.78 is 25.9. The van der Waals surface area contributed by atoms with Gasteiger partial charge in [0.15, 0.2) is 0 Å². The maximum atomic E-state index is 13.2. The van der Waals surface area contributed by atoms with Crippen LogP contribution in [0, 0.1) is 18.6 Å². The van der Waals surface area contributed by atoms with Gasteiger partial charge in [-0.15, -0.1) is 11.3 Å². The standard InChI is InChI=1S/C11H10F2N2S/c1-7-15-9(6-16-7)5-14-11-3-2-8(12)4-10(11)13/h2-4,6,14H,5H2,1H3. The van der Waals surface area contributed by atoms with Crippen LogP contribution < -0.4 is 5.32 Å². The third-order valence-corrected chi connectivity index (χ3v) is 2.88. The van der Waals surface area contributed by atoms with Crippen molar-refractivity contribution in [1.29, 1.82) is 0 Å². The molecule has 0 atom stereocenters. The quantitative estimate of drug-likeness (QED) is 0.890. The molecule has 0 amide bonds. The summed E-state index contributed by atoms with van der Waals surface area (Å²) in [5, 5.41) is 5.75. The van der Waals surface area contributed by atoms with Crippen molar-refractivity contribution in [2.45, 2.75) is 13.5 Å². The molecule has 1 aromatic carbocycles. The molecule has 16 heavy (non-hydrogen) atoms. The zero-order valence-corrected chi connectivity index (χ0v) is 9.44. The molecule has 84 valence electrons.